The van der Waals surface area contributed by atoms with Gasteiger partial charge in [0, 0.05) is 30.7 Å². The summed E-state index contributed by atoms with van der Waals surface area (Å²) in [5.74, 6) is 0.305. The zero-order chi connectivity index (χ0) is 19.8. The molecule has 2 aromatic rings. The van der Waals surface area contributed by atoms with E-state index in [0.717, 1.165) is 19.3 Å². The van der Waals surface area contributed by atoms with E-state index < -0.39 is 0 Å². The fourth-order valence-electron chi connectivity index (χ4n) is 4.71. The first-order valence-electron chi connectivity index (χ1n) is 10.1. The van der Waals surface area contributed by atoms with Gasteiger partial charge in [-0.25, -0.2) is 0 Å². The predicted molar refractivity (Wildman–Crippen MR) is 108 cm³/mol. The topological polar surface area (TPSA) is 76.5 Å². The van der Waals surface area contributed by atoms with Crippen LogP contribution in [0.25, 0.3) is 10.9 Å². The number of methoxy groups -OCH3 is 1. The summed E-state index contributed by atoms with van der Waals surface area (Å²) < 4.78 is 7.02. The van der Waals surface area contributed by atoms with Crippen molar-refractivity contribution < 1.29 is 9.53 Å². The van der Waals surface area contributed by atoms with Crippen molar-refractivity contribution in [2.24, 2.45) is 0 Å². The maximum Gasteiger partial charge on any atom is 0.276 e. The van der Waals surface area contributed by atoms with Gasteiger partial charge in [-0.3, -0.25) is 14.3 Å². The van der Waals surface area contributed by atoms with Crippen molar-refractivity contribution in [2.45, 2.75) is 63.7 Å². The van der Waals surface area contributed by atoms with Crippen molar-refractivity contribution in [3.05, 3.63) is 34.1 Å². The van der Waals surface area contributed by atoms with Crippen molar-refractivity contribution in [3.8, 4) is 5.75 Å². The minimum absolute atomic E-state index is 0.0163. The van der Waals surface area contributed by atoms with Crippen LogP contribution in [0.2, 0.25) is 0 Å². The Hall–Kier alpha value is -2.41. The van der Waals surface area contributed by atoms with Crippen LogP contribution in [0.1, 0.15) is 49.5 Å². The molecule has 1 unspecified atom stereocenters. The average Bonchev–Trinajstić information content (AvgIpc) is 2.90. The summed E-state index contributed by atoms with van der Waals surface area (Å²) in [7, 11) is 3.76. The Morgan fingerprint density at radius 1 is 1.29 bits per heavy atom. The number of hydrogen-bond acceptors (Lipinski definition) is 5. The van der Waals surface area contributed by atoms with E-state index in [2.05, 4.69) is 22.4 Å². The smallest absolute Gasteiger partial charge is 0.276 e. The number of fused-ring (bicyclic) bond motifs is 3. The lowest BCUT2D eigenvalue weighted by atomic mass is 9.98. The van der Waals surface area contributed by atoms with Gasteiger partial charge >= 0.3 is 0 Å². The Kier molecular flexibility index (Phi) is 5.10. The fourth-order valence-corrected chi connectivity index (χ4v) is 4.71. The molecule has 150 valence electrons. The predicted octanol–water partition coefficient (Wildman–Crippen LogP) is 2.17. The molecule has 1 amide bonds. The van der Waals surface area contributed by atoms with Gasteiger partial charge in [0.1, 0.15) is 5.75 Å². The van der Waals surface area contributed by atoms with Gasteiger partial charge in [-0.05, 0) is 51.3 Å². The normalized spacial score (nSPS) is 24.5. The van der Waals surface area contributed by atoms with Crippen LogP contribution in [-0.2, 0) is 6.54 Å². The summed E-state index contributed by atoms with van der Waals surface area (Å²) in [5, 5.41) is 8.01. The summed E-state index contributed by atoms with van der Waals surface area (Å²) in [6, 6.07) is 6.42. The van der Waals surface area contributed by atoms with Crippen molar-refractivity contribution in [1.82, 2.24) is 20.0 Å². The molecule has 0 spiro atoms. The lowest BCUT2D eigenvalue weighted by Gasteiger charge is -2.36. The molecule has 0 saturated carbocycles. The van der Waals surface area contributed by atoms with Crippen LogP contribution in [0.3, 0.4) is 0 Å². The second kappa shape index (κ2) is 7.54. The maximum absolute atomic E-state index is 13.0. The summed E-state index contributed by atoms with van der Waals surface area (Å²) in [6.45, 7) is 2.67. The third-order valence-corrected chi connectivity index (χ3v) is 6.25. The standard InChI is InChI=1S/C21H28N4O3/c1-4-9-25-18-12-16(28-3)7-8-17(18)20(26)19(23-25)21(27)22-13-10-14-5-6-15(11-13)24(14)2/h7-8,12-15H,4-6,9-11H2,1-3H3,(H,22,27)/t13?,14-,15+. The number of nitrogens with one attached hydrogen (secondary N) is 1. The maximum atomic E-state index is 13.0. The number of hydrogen-bond donors (Lipinski definition) is 1. The molecule has 2 aliphatic heterocycles. The minimum atomic E-state index is -0.360. The number of ether oxygens (including phenoxy) is 1. The van der Waals surface area contributed by atoms with Crippen molar-refractivity contribution in [1.29, 1.82) is 0 Å². The van der Waals surface area contributed by atoms with Gasteiger partial charge in [0.15, 0.2) is 5.69 Å². The highest BCUT2D eigenvalue weighted by Crippen LogP contribution is 2.34. The van der Waals surface area contributed by atoms with Crippen LogP contribution in [0, 0.1) is 0 Å². The first-order valence-corrected chi connectivity index (χ1v) is 10.1. The Morgan fingerprint density at radius 2 is 2.00 bits per heavy atom. The molecule has 2 saturated heterocycles. The number of nitrogens with zero attached hydrogens (tertiary/aromatic N) is 3. The van der Waals surface area contributed by atoms with E-state index in [1.807, 2.05) is 6.92 Å². The summed E-state index contributed by atoms with van der Waals surface area (Å²) in [5.41, 5.74) is 0.357. The zero-order valence-electron chi connectivity index (χ0n) is 16.8. The monoisotopic (exact) mass is 384 g/mol. The zero-order valence-corrected chi connectivity index (χ0v) is 16.8. The van der Waals surface area contributed by atoms with E-state index >= 15 is 0 Å². The minimum Gasteiger partial charge on any atom is -0.497 e. The van der Waals surface area contributed by atoms with Crippen LogP contribution in [0.15, 0.2) is 23.0 Å². The Bertz CT molecular complexity index is 941. The number of carbonyl (C=O) groups excluding carboxylic acids is 1. The average molecular weight is 384 g/mol. The van der Waals surface area contributed by atoms with E-state index in [4.69, 9.17) is 4.74 Å². The number of piperidine rings is 1. The second-order valence-corrected chi connectivity index (χ2v) is 7.98. The molecule has 7 nitrogen and oxygen atoms in total. The highest BCUT2D eigenvalue weighted by molar-refractivity contribution is 5.95. The second-order valence-electron chi connectivity index (χ2n) is 7.98. The van der Waals surface area contributed by atoms with Crippen LogP contribution in [-0.4, -0.2) is 52.9 Å². The van der Waals surface area contributed by atoms with E-state index in [9.17, 15) is 9.59 Å². The van der Waals surface area contributed by atoms with Crippen molar-refractivity contribution in [2.75, 3.05) is 14.2 Å². The van der Waals surface area contributed by atoms with Crippen LogP contribution in [0.4, 0.5) is 0 Å². The van der Waals surface area contributed by atoms with E-state index in [1.54, 1.807) is 30.0 Å². The molecule has 3 heterocycles. The molecule has 7 heteroatoms. The van der Waals surface area contributed by atoms with E-state index in [0.29, 0.717) is 35.3 Å². The largest absolute Gasteiger partial charge is 0.497 e. The molecule has 2 fully saturated rings. The molecule has 3 atom stereocenters. The molecule has 0 radical (unpaired) electrons. The third kappa shape index (κ3) is 3.28. The number of carbonyl (C=O) groups is 1. The van der Waals surface area contributed by atoms with Crippen LogP contribution >= 0.6 is 0 Å². The molecular formula is C21H28N4O3. The van der Waals surface area contributed by atoms with Crippen molar-refractivity contribution in [3.63, 3.8) is 0 Å². The molecule has 28 heavy (non-hydrogen) atoms. The number of aryl methyl sites for hydroxylation is 1. The van der Waals surface area contributed by atoms with Gasteiger partial charge in [0.05, 0.1) is 18.0 Å². The summed E-state index contributed by atoms with van der Waals surface area (Å²) in [6.07, 6.45) is 5.10. The van der Waals surface area contributed by atoms with Crippen molar-refractivity contribution >= 4 is 16.8 Å². The molecule has 1 N–H and O–H groups in total. The lowest BCUT2D eigenvalue weighted by Crippen LogP contribution is -2.49. The Balaban J connectivity index is 1.65. The third-order valence-electron chi connectivity index (χ3n) is 6.25. The molecule has 1 aromatic carbocycles. The van der Waals surface area contributed by atoms with Gasteiger partial charge < -0.3 is 15.0 Å². The Labute approximate surface area is 164 Å². The molecular weight excluding hydrogens is 356 g/mol. The first kappa shape index (κ1) is 18.9. The quantitative estimate of drug-likeness (QED) is 0.855. The van der Waals surface area contributed by atoms with E-state index in [1.165, 1.54) is 12.8 Å². The first-order chi connectivity index (χ1) is 13.5. The lowest BCUT2D eigenvalue weighted by molar-refractivity contribution is 0.0874. The highest BCUT2D eigenvalue weighted by atomic mass is 16.5. The van der Waals surface area contributed by atoms with Gasteiger partial charge in [0.25, 0.3) is 5.91 Å². The summed E-state index contributed by atoms with van der Waals surface area (Å²) in [4.78, 5) is 28.4. The molecule has 2 bridgehead atoms. The fraction of sp³-hybridized carbons (Fsp3) is 0.571. The van der Waals surface area contributed by atoms with Crippen LogP contribution in [0.5, 0.6) is 5.75 Å². The number of aromatic nitrogens is 2. The molecule has 1 aromatic heterocycles. The highest BCUT2D eigenvalue weighted by Gasteiger charge is 2.39. The van der Waals surface area contributed by atoms with Crippen LogP contribution < -0.4 is 15.5 Å². The number of rotatable bonds is 5. The SMILES string of the molecule is CCCn1nc(C(=O)NC2C[C@H]3CC[C@@H](C2)N3C)c(=O)c2ccc(OC)cc21. The van der Waals surface area contributed by atoms with Gasteiger partial charge in [-0.2, -0.15) is 5.10 Å². The summed E-state index contributed by atoms with van der Waals surface area (Å²) >= 11 is 0. The number of benzene rings is 1. The van der Waals surface area contributed by atoms with Gasteiger partial charge in [-0.1, -0.05) is 6.92 Å². The molecule has 0 aliphatic carbocycles. The van der Waals surface area contributed by atoms with Gasteiger partial charge in [-0.15, -0.1) is 0 Å². The Morgan fingerprint density at radius 3 is 2.64 bits per heavy atom. The molecule has 4 rings (SSSR count). The van der Waals surface area contributed by atoms with E-state index in [-0.39, 0.29) is 23.1 Å². The molecule has 2 aliphatic rings. The number of amides is 1. The van der Waals surface area contributed by atoms with Gasteiger partial charge in [0.2, 0.25) is 5.43 Å².